The largest absolute Gasteiger partial charge is 0.454 e. The summed E-state index contributed by atoms with van der Waals surface area (Å²) in [6.45, 7) is 3.29. The summed E-state index contributed by atoms with van der Waals surface area (Å²) in [5, 5.41) is 11.5. The first-order chi connectivity index (χ1) is 15.1. The molecule has 0 aliphatic heterocycles. The molecule has 3 saturated carbocycles. The molecule has 0 heterocycles. The zero-order valence-corrected chi connectivity index (χ0v) is 20.1. The first kappa shape index (κ1) is 23.8. The lowest BCUT2D eigenvalue weighted by Crippen LogP contribution is -2.60. The normalized spacial score (nSPS) is 41.0. The molecule has 0 amide bonds. The fourth-order valence-corrected chi connectivity index (χ4v) is 7.63. The van der Waals surface area contributed by atoms with Crippen LogP contribution in [0, 0.1) is 28.6 Å². The quantitative estimate of drug-likeness (QED) is 0.494. The van der Waals surface area contributed by atoms with E-state index in [4.69, 9.17) is 9.63 Å². The first-order valence-corrected chi connectivity index (χ1v) is 12.8. The van der Waals surface area contributed by atoms with Gasteiger partial charge in [0.15, 0.2) is 12.4 Å². The van der Waals surface area contributed by atoms with Crippen molar-refractivity contribution in [3.63, 3.8) is 0 Å². The van der Waals surface area contributed by atoms with Gasteiger partial charge in [-0.05, 0) is 49.7 Å². The molecular weight excluding hydrogens is 452 g/mol. The number of Topliss-reactive ketones (excluding diaryl/α,β-unsaturated/α-hetero) is 2. The van der Waals surface area contributed by atoms with Crippen LogP contribution in [0.15, 0.2) is 23.8 Å². The molecular formula is C22H29NO7P2. The summed E-state index contributed by atoms with van der Waals surface area (Å²) in [5.41, 5.74) is -2.83. The number of ether oxygens (including phenoxy) is 1. The van der Waals surface area contributed by atoms with Crippen molar-refractivity contribution in [3.8, 4) is 0 Å². The fourth-order valence-electron chi connectivity index (χ4n) is 6.86. The van der Waals surface area contributed by atoms with E-state index in [1.54, 1.807) is 12.2 Å². The van der Waals surface area contributed by atoms with Crippen molar-refractivity contribution in [1.29, 1.82) is 0 Å². The van der Waals surface area contributed by atoms with Gasteiger partial charge >= 0.3 is 5.71 Å². The Hall–Kier alpha value is -1.30. The van der Waals surface area contributed by atoms with Crippen molar-refractivity contribution in [2.45, 2.75) is 51.6 Å². The molecule has 10 heteroatoms. The molecule has 4 aliphatic rings. The second-order valence-electron chi connectivity index (χ2n) is 9.80. The summed E-state index contributed by atoms with van der Waals surface area (Å²) in [4.78, 5) is 61.4. The highest BCUT2D eigenvalue weighted by atomic mass is 31.2. The molecule has 5 unspecified atom stereocenters. The number of fused-ring (bicyclic) bond motifs is 5. The predicted octanol–water partition coefficient (Wildman–Crippen LogP) is 2.59. The molecule has 4 rings (SSSR count). The van der Waals surface area contributed by atoms with E-state index in [1.165, 1.54) is 0 Å². The minimum absolute atomic E-state index is 0.0144. The van der Waals surface area contributed by atoms with E-state index in [1.807, 2.05) is 19.9 Å². The molecule has 0 radical (unpaired) electrons. The molecule has 3 fully saturated rings. The van der Waals surface area contributed by atoms with Gasteiger partial charge in [-0.1, -0.05) is 25.5 Å². The van der Waals surface area contributed by atoms with Crippen molar-refractivity contribution >= 4 is 40.7 Å². The second kappa shape index (κ2) is 8.48. The summed E-state index contributed by atoms with van der Waals surface area (Å²) < 4.78 is 5.00. The van der Waals surface area contributed by atoms with E-state index < -0.39 is 52.2 Å². The highest BCUT2D eigenvalue weighted by Crippen LogP contribution is 2.66. The highest BCUT2D eigenvalue weighted by molar-refractivity contribution is 7.62. The molecule has 0 aromatic heterocycles. The summed E-state index contributed by atoms with van der Waals surface area (Å²) in [5.74, 6) is -0.883. The smallest absolute Gasteiger partial charge is 0.338 e. The lowest BCUT2D eigenvalue weighted by molar-refractivity contribution is -0.168. The minimum atomic E-state index is -1.73. The number of allylic oxidation sites excluding steroid dienone is 4. The van der Waals surface area contributed by atoms with Crippen molar-refractivity contribution in [3.05, 3.63) is 23.8 Å². The number of nitrogens with one attached hydrogen (secondary N) is 1. The maximum atomic E-state index is 13.5. The zero-order chi connectivity index (χ0) is 23.3. The lowest BCUT2D eigenvalue weighted by atomic mass is 9.46. The lowest BCUT2D eigenvalue weighted by Gasteiger charge is -2.56. The SMILES string of the molecule is C[C@]12C=CC(=O)C=C1CCC1C2C(=O)C[C@@]2(C)C1CC[C@]2(O)C(=O)COC(=O)PNPO. The Kier molecular flexibility index (Phi) is 6.32. The van der Waals surface area contributed by atoms with Gasteiger partial charge in [0.1, 0.15) is 11.4 Å². The Morgan fingerprint density at radius 2 is 2.03 bits per heavy atom. The minimum Gasteiger partial charge on any atom is -0.454 e. The number of aliphatic hydroxyl groups is 1. The number of carbonyl (C=O) groups excluding carboxylic acids is 4. The molecule has 3 N–H and O–H groups in total. The van der Waals surface area contributed by atoms with E-state index in [-0.39, 0.29) is 42.2 Å². The van der Waals surface area contributed by atoms with Crippen molar-refractivity contribution in [2.75, 3.05) is 6.61 Å². The third kappa shape index (κ3) is 3.56. The van der Waals surface area contributed by atoms with E-state index >= 15 is 0 Å². The van der Waals surface area contributed by atoms with Gasteiger partial charge in [0.05, 0.1) is 17.7 Å². The van der Waals surface area contributed by atoms with Crippen LogP contribution >= 0.6 is 17.7 Å². The Morgan fingerprint density at radius 1 is 1.28 bits per heavy atom. The molecule has 0 spiro atoms. The second-order valence-corrected chi connectivity index (χ2v) is 11.7. The molecule has 0 saturated heterocycles. The van der Waals surface area contributed by atoms with Crippen LogP contribution in [0.2, 0.25) is 0 Å². The number of ketones is 3. The Morgan fingerprint density at radius 3 is 2.75 bits per heavy atom. The highest BCUT2D eigenvalue weighted by Gasteiger charge is 2.68. The third-order valence-electron chi connectivity index (χ3n) is 8.43. The van der Waals surface area contributed by atoms with Crippen LogP contribution in [0.3, 0.4) is 0 Å². The van der Waals surface area contributed by atoms with Crippen LogP contribution in [0.25, 0.3) is 0 Å². The van der Waals surface area contributed by atoms with Crippen molar-refractivity contribution in [2.24, 2.45) is 28.6 Å². The number of hydrogen-bond donors (Lipinski definition) is 3. The van der Waals surface area contributed by atoms with Crippen LogP contribution in [0.1, 0.15) is 46.0 Å². The molecule has 174 valence electrons. The average molecular weight is 481 g/mol. The number of hydrogen-bond acceptors (Lipinski definition) is 8. The van der Waals surface area contributed by atoms with E-state index in [0.717, 1.165) is 18.4 Å². The van der Waals surface area contributed by atoms with Gasteiger partial charge in [0, 0.05) is 23.2 Å². The topological polar surface area (TPSA) is 130 Å². The molecule has 8 nitrogen and oxygen atoms in total. The summed E-state index contributed by atoms with van der Waals surface area (Å²) in [6, 6.07) is 0. The molecule has 8 atom stereocenters. The van der Waals surface area contributed by atoms with Gasteiger partial charge in [-0.25, -0.2) is 9.65 Å². The van der Waals surface area contributed by atoms with Crippen LogP contribution < -0.4 is 4.86 Å². The maximum absolute atomic E-state index is 13.5. The average Bonchev–Trinajstić information content (AvgIpc) is 3.02. The predicted molar refractivity (Wildman–Crippen MR) is 120 cm³/mol. The van der Waals surface area contributed by atoms with Gasteiger partial charge in [-0.2, -0.15) is 0 Å². The van der Waals surface area contributed by atoms with E-state index in [0.29, 0.717) is 6.42 Å². The number of carbonyl (C=O) groups is 4. The van der Waals surface area contributed by atoms with Gasteiger partial charge in [0.25, 0.3) is 0 Å². The van der Waals surface area contributed by atoms with Crippen LogP contribution in [0.5, 0.6) is 0 Å². The van der Waals surface area contributed by atoms with Crippen molar-refractivity contribution in [1.82, 2.24) is 4.86 Å². The summed E-state index contributed by atoms with van der Waals surface area (Å²) in [6.07, 6.45) is 7.46. The molecule has 32 heavy (non-hydrogen) atoms. The molecule has 0 aromatic carbocycles. The summed E-state index contributed by atoms with van der Waals surface area (Å²) in [7, 11) is -1.08. The Bertz CT molecular complexity index is 933. The first-order valence-electron chi connectivity index (χ1n) is 10.9. The molecule has 0 bridgehead atoms. The maximum Gasteiger partial charge on any atom is 0.338 e. The summed E-state index contributed by atoms with van der Waals surface area (Å²) >= 11 is 0. The van der Waals surface area contributed by atoms with Crippen LogP contribution in [0.4, 0.5) is 4.79 Å². The van der Waals surface area contributed by atoms with Crippen LogP contribution in [-0.4, -0.2) is 45.3 Å². The Balaban J connectivity index is 1.56. The van der Waals surface area contributed by atoms with Crippen molar-refractivity contribution < 1.29 is 33.9 Å². The monoisotopic (exact) mass is 481 g/mol. The van der Waals surface area contributed by atoms with Crippen LogP contribution in [-0.2, 0) is 19.1 Å². The van der Waals surface area contributed by atoms with Gasteiger partial charge in [-0.3, -0.25) is 14.4 Å². The standard InChI is InChI=1S/C22H29NO7P2/c1-20-7-5-13(24)9-12(20)3-4-14-15-6-8-22(28,21(15,2)10-16(25)18(14)20)17(26)11-30-19(27)31-23-32-29/h5,7,9,14-15,18,23,28-29,31-32H,3-4,6,8,10-11H2,1-2H3/t14?,15?,18?,20-,21-,22-/m0/s1. The van der Waals surface area contributed by atoms with E-state index in [9.17, 15) is 24.3 Å². The number of rotatable bonds is 6. The zero-order valence-electron chi connectivity index (χ0n) is 18.1. The Labute approximate surface area is 190 Å². The molecule has 4 aliphatic carbocycles. The van der Waals surface area contributed by atoms with Gasteiger partial charge < -0.3 is 14.7 Å². The van der Waals surface area contributed by atoms with E-state index in [2.05, 4.69) is 4.86 Å². The molecule has 0 aromatic rings. The van der Waals surface area contributed by atoms with Gasteiger partial charge in [-0.15, -0.1) is 0 Å². The fraction of sp³-hybridized carbons (Fsp3) is 0.636. The third-order valence-corrected chi connectivity index (χ3v) is 9.72. The van der Waals surface area contributed by atoms with Gasteiger partial charge in [0.2, 0.25) is 5.78 Å².